The molecule has 1 aliphatic carbocycles. The number of hydrogen-bond acceptors (Lipinski definition) is 6. The number of aryl methyl sites for hydroxylation is 2. The summed E-state index contributed by atoms with van der Waals surface area (Å²) in [4.78, 5) is 17.9. The van der Waals surface area contributed by atoms with E-state index in [4.69, 9.17) is 14.2 Å². The molecule has 5 rings (SSSR count). The molecule has 0 radical (unpaired) electrons. The lowest BCUT2D eigenvalue weighted by Crippen LogP contribution is -2.46. The van der Waals surface area contributed by atoms with E-state index in [0.29, 0.717) is 24.0 Å². The standard InChI is InChI=1S/C21H29N5O3/c27-18(17-13-16-7-3-6-11-26(16)24-17)23-21(9-4-1-2-5-10-21)20-22-19(29-25-20)15-8-12-28-14-15/h13,15H,1-12,14H2,(H,23,27). The summed E-state index contributed by atoms with van der Waals surface area (Å²) in [6, 6.07) is 1.94. The lowest BCUT2D eigenvalue weighted by Gasteiger charge is -2.30. The van der Waals surface area contributed by atoms with Gasteiger partial charge in [-0.15, -0.1) is 0 Å². The van der Waals surface area contributed by atoms with Crippen LogP contribution in [0, 0.1) is 0 Å². The maximum atomic E-state index is 13.2. The summed E-state index contributed by atoms with van der Waals surface area (Å²) in [6.07, 6.45) is 10.2. The molecule has 2 aliphatic heterocycles. The Bertz CT molecular complexity index is 836. The average Bonchev–Trinajstić information content (AvgIpc) is 3.47. The van der Waals surface area contributed by atoms with E-state index in [1.807, 2.05) is 10.7 Å². The lowest BCUT2D eigenvalue weighted by molar-refractivity contribution is 0.0870. The fourth-order valence-electron chi connectivity index (χ4n) is 4.87. The molecule has 1 atom stereocenters. The van der Waals surface area contributed by atoms with Gasteiger partial charge in [0.05, 0.1) is 12.5 Å². The van der Waals surface area contributed by atoms with Crippen LogP contribution < -0.4 is 5.32 Å². The number of ether oxygens (including phenoxy) is 1. The molecule has 29 heavy (non-hydrogen) atoms. The summed E-state index contributed by atoms with van der Waals surface area (Å²) in [5.41, 5.74) is 1.07. The quantitative estimate of drug-likeness (QED) is 0.794. The highest BCUT2D eigenvalue weighted by Crippen LogP contribution is 2.36. The van der Waals surface area contributed by atoms with E-state index in [9.17, 15) is 4.79 Å². The largest absolute Gasteiger partial charge is 0.381 e. The number of carbonyl (C=O) groups is 1. The Kier molecular flexibility index (Phi) is 5.11. The molecule has 2 fully saturated rings. The van der Waals surface area contributed by atoms with Gasteiger partial charge in [0.1, 0.15) is 11.2 Å². The van der Waals surface area contributed by atoms with Gasteiger partial charge < -0.3 is 14.6 Å². The van der Waals surface area contributed by atoms with Gasteiger partial charge in [0.25, 0.3) is 5.91 Å². The molecule has 1 amide bonds. The van der Waals surface area contributed by atoms with E-state index < -0.39 is 5.54 Å². The molecule has 0 spiro atoms. The minimum absolute atomic E-state index is 0.135. The van der Waals surface area contributed by atoms with E-state index in [-0.39, 0.29) is 11.8 Å². The Morgan fingerprint density at radius 1 is 1.17 bits per heavy atom. The fourth-order valence-corrected chi connectivity index (χ4v) is 4.87. The van der Waals surface area contributed by atoms with Crippen molar-refractivity contribution >= 4 is 5.91 Å². The first-order valence-corrected chi connectivity index (χ1v) is 11.0. The number of aromatic nitrogens is 4. The summed E-state index contributed by atoms with van der Waals surface area (Å²) < 4.78 is 13.1. The minimum atomic E-state index is -0.584. The summed E-state index contributed by atoms with van der Waals surface area (Å²) in [7, 11) is 0. The predicted octanol–water partition coefficient (Wildman–Crippen LogP) is 3.09. The Hall–Kier alpha value is -2.22. The van der Waals surface area contributed by atoms with Crippen molar-refractivity contribution in [2.45, 2.75) is 82.2 Å². The van der Waals surface area contributed by atoms with Gasteiger partial charge in [-0.25, -0.2) is 0 Å². The van der Waals surface area contributed by atoms with Gasteiger partial charge in [-0.05, 0) is 44.6 Å². The number of hydrogen-bond donors (Lipinski definition) is 1. The highest BCUT2D eigenvalue weighted by atomic mass is 16.5. The third kappa shape index (κ3) is 3.70. The van der Waals surface area contributed by atoms with Crippen LogP contribution in [0.15, 0.2) is 10.6 Å². The van der Waals surface area contributed by atoms with Crippen LogP contribution in [-0.2, 0) is 23.2 Å². The van der Waals surface area contributed by atoms with Gasteiger partial charge in [0.15, 0.2) is 5.82 Å². The second kappa shape index (κ2) is 7.89. The minimum Gasteiger partial charge on any atom is -0.381 e. The van der Waals surface area contributed by atoms with Gasteiger partial charge >= 0.3 is 0 Å². The number of carbonyl (C=O) groups excluding carboxylic acids is 1. The maximum Gasteiger partial charge on any atom is 0.272 e. The maximum absolute atomic E-state index is 13.2. The summed E-state index contributed by atoms with van der Waals surface area (Å²) in [5, 5.41) is 12.2. The SMILES string of the molecule is O=C(NC1(c2noc(C3CCOC3)n2)CCCCCC1)c1cc2n(n1)CCCC2. The van der Waals surface area contributed by atoms with E-state index in [0.717, 1.165) is 83.1 Å². The number of rotatable bonds is 4. The van der Waals surface area contributed by atoms with Crippen molar-refractivity contribution in [3.63, 3.8) is 0 Å². The fraction of sp³-hybridized carbons (Fsp3) is 0.714. The summed E-state index contributed by atoms with van der Waals surface area (Å²) in [6.45, 7) is 2.25. The Labute approximate surface area is 170 Å². The predicted molar refractivity (Wildman–Crippen MR) is 104 cm³/mol. The van der Waals surface area contributed by atoms with Gasteiger partial charge in [-0.1, -0.05) is 30.8 Å². The summed E-state index contributed by atoms with van der Waals surface area (Å²) in [5.74, 6) is 1.27. The molecule has 8 nitrogen and oxygen atoms in total. The lowest BCUT2D eigenvalue weighted by atomic mass is 9.89. The number of nitrogens with zero attached hydrogens (tertiary/aromatic N) is 4. The monoisotopic (exact) mass is 399 g/mol. The van der Waals surface area contributed by atoms with Crippen LogP contribution in [0.25, 0.3) is 0 Å². The molecule has 156 valence electrons. The number of amides is 1. The van der Waals surface area contributed by atoms with Gasteiger partial charge in [-0.2, -0.15) is 10.1 Å². The van der Waals surface area contributed by atoms with Crippen LogP contribution in [0.2, 0.25) is 0 Å². The molecule has 1 saturated heterocycles. The van der Waals surface area contributed by atoms with E-state index in [1.54, 1.807) is 0 Å². The van der Waals surface area contributed by atoms with Crippen molar-refractivity contribution in [3.8, 4) is 0 Å². The average molecular weight is 399 g/mol. The first kappa shape index (κ1) is 18.8. The van der Waals surface area contributed by atoms with Crippen LogP contribution in [-0.4, -0.2) is 39.0 Å². The zero-order chi connectivity index (χ0) is 19.7. The van der Waals surface area contributed by atoms with Crippen molar-refractivity contribution in [2.75, 3.05) is 13.2 Å². The second-order valence-corrected chi connectivity index (χ2v) is 8.67. The molecule has 0 bridgehead atoms. The first-order valence-electron chi connectivity index (χ1n) is 11.0. The van der Waals surface area contributed by atoms with E-state index in [2.05, 4.69) is 15.6 Å². The molecule has 1 saturated carbocycles. The second-order valence-electron chi connectivity index (χ2n) is 8.67. The van der Waals surface area contributed by atoms with Gasteiger partial charge in [0.2, 0.25) is 5.89 Å². The molecule has 1 N–H and O–H groups in total. The van der Waals surface area contributed by atoms with Crippen molar-refractivity contribution < 1.29 is 14.1 Å². The molecule has 1 unspecified atom stereocenters. The zero-order valence-corrected chi connectivity index (χ0v) is 16.9. The highest BCUT2D eigenvalue weighted by Gasteiger charge is 2.40. The van der Waals surface area contributed by atoms with Crippen LogP contribution in [0.3, 0.4) is 0 Å². The van der Waals surface area contributed by atoms with Crippen LogP contribution in [0.4, 0.5) is 0 Å². The molecule has 2 aromatic rings. The normalized spacial score (nSPS) is 24.1. The first-order chi connectivity index (χ1) is 14.2. The molecular weight excluding hydrogens is 370 g/mol. The van der Waals surface area contributed by atoms with Crippen molar-refractivity contribution in [1.82, 2.24) is 25.2 Å². The molecule has 2 aromatic heterocycles. The third-order valence-corrected chi connectivity index (χ3v) is 6.61. The van der Waals surface area contributed by atoms with Crippen LogP contribution in [0.1, 0.15) is 91.6 Å². The molecule has 8 heteroatoms. The Morgan fingerprint density at radius 3 is 2.79 bits per heavy atom. The zero-order valence-electron chi connectivity index (χ0n) is 16.9. The van der Waals surface area contributed by atoms with Crippen LogP contribution in [0.5, 0.6) is 0 Å². The highest BCUT2D eigenvalue weighted by molar-refractivity contribution is 5.93. The third-order valence-electron chi connectivity index (χ3n) is 6.61. The Balaban J connectivity index is 1.41. The van der Waals surface area contributed by atoms with E-state index in [1.165, 1.54) is 0 Å². The molecule has 0 aromatic carbocycles. The number of nitrogens with one attached hydrogen (secondary N) is 1. The molecular formula is C21H29N5O3. The smallest absolute Gasteiger partial charge is 0.272 e. The van der Waals surface area contributed by atoms with Crippen molar-refractivity contribution in [1.29, 1.82) is 0 Å². The molecule has 3 aliphatic rings. The summed E-state index contributed by atoms with van der Waals surface area (Å²) >= 11 is 0. The van der Waals surface area contributed by atoms with Gasteiger partial charge in [0, 0.05) is 18.8 Å². The van der Waals surface area contributed by atoms with E-state index >= 15 is 0 Å². The van der Waals surface area contributed by atoms with Crippen molar-refractivity contribution in [3.05, 3.63) is 29.2 Å². The van der Waals surface area contributed by atoms with Crippen LogP contribution >= 0.6 is 0 Å². The Morgan fingerprint density at radius 2 is 2.03 bits per heavy atom. The van der Waals surface area contributed by atoms with Crippen molar-refractivity contribution in [2.24, 2.45) is 0 Å². The topological polar surface area (TPSA) is 95.1 Å². The number of fused-ring (bicyclic) bond motifs is 1. The van der Waals surface area contributed by atoms with Gasteiger partial charge in [-0.3, -0.25) is 9.48 Å². The molecule has 4 heterocycles.